The van der Waals surface area contributed by atoms with Crippen LogP contribution in [0.5, 0.6) is 0 Å². The maximum Gasteiger partial charge on any atom is 0.0687 e. The van der Waals surface area contributed by atoms with Gasteiger partial charge in [-0.25, -0.2) is 0 Å². The van der Waals surface area contributed by atoms with Gasteiger partial charge in [0.25, 0.3) is 0 Å². The largest absolute Gasteiger partial charge is 0.325 e. The molecule has 0 aromatic carbocycles. The highest BCUT2D eigenvalue weighted by Crippen LogP contribution is 2.42. The van der Waals surface area contributed by atoms with Gasteiger partial charge in [-0.05, 0) is 44.1 Å². The Morgan fingerprint density at radius 1 is 1.53 bits per heavy atom. The molecule has 0 spiro atoms. The maximum absolute atomic E-state index is 6.12. The van der Waals surface area contributed by atoms with E-state index >= 15 is 0 Å². The number of nitrogens with zero attached hydrogens (tertiary/aromatic N) is 2. The van der Waals surface area contributed by atoms with E-state index < -0.39 is 0 Å². The molecule has 1 aromatic heterocycles. The number of hydrogen-bond donors (Lipinski definition) is 1. The van der Waals surface area contributed by atoms with Crippen LogP contribution in [0.1, 0.15) is 49.3 Å². The predicted molar refractivity (Wildman–Crippen MR) is 59.7 cm³/mol. The van der Waals surface area contributed by atoms with Crippen LogP contribution in [0.4, 0.5) is 0 Å². The number of aromatic nitrogens is 2. The summed E-state index contributed by atoms with van der Waals surface area (Å²) in [6, 6.07) is 0. The third-order valence-electron chi connectivity index (χ3n) is 3.69. The molecule has 0 unspecified atom stereocenters. The lowest BCUT2D eigenvalue weighted by Crippen LogP contribution is -2.22. The summed E-state index contributed by atoms with van der Waals surface area (Å²) in [7, 11) is 2.02. The number of rotatable bonds is 4. The van der Waals surface area contributed by atoms with Gasteiger partial charge in [-0.2, -0.15) is 5.10 Å². The molecular weight excluding hydrogens is 186 g/mol. The van der Waals surface area contributed by atoms with Crippen LogP contribution in [0.15, 0.2) is 6.20 Å². The van der Waals surface area contributed by atoms with Gasteiger partial charge in [0.2, 0.25) is 0 Å². The third-order valence-corrected chi connectivity index (χ3v) is 3.69. The zero-order chi connectivity index (χ0) is 10.5. The highest BCUT2D eigenvalue weighted by molar-refractivity contribution is 5.25. The van der Waals surface area contributed by atoms with E-state index in [2.05, 4.69) is 11.3 Å². The molecule has 1 aromatic rings. The van der Waals surface area contributed by atoms with Gasteiger partial charge in [0.1, 0.15) is 0 Å². The van der Waals surface area contributed by atoms with Crippen molar-refractivity contribution in [3.05, 3.63) is 17.5 Å². The molecule has 0 bridgehead atoms. The fourth-order valence-electron chi connectivity index (χ4n) is 2.24. The van der Waals surface area contributed by atoms with E-state index in [9.17, 15) is 0 Å². The molecule has 0 amide bonds. The molecule has 0 radical (unpaired) electrons. The van der Waals surface area contributed by atoms with Crippen LogP contribution >= 0.6 is 0 Å². The van der Waals surface area contributed by atoms with Gasteiger partial charge in [-0.3, -0.25) is 4.68 Å². The van der Waals surface area contributed by atoms with Crippen LogP contribution < -0.4 is 5.73 Å². The third kappa shape index (κ3) is 1.93. The molecule has 3 rings (SSSR count). The van der Waals surface area contributed by atoms with Crippen molar-refractivity contribution >= 4 is 0 Å². The van der Waals surface area contributed by atoms with Gasteiger partial charge in [0.05, 0.1) is 5.69 Å². The molecule has 3 nitrogen and oxygen atoms in total. The number of nitrogens with two attached hydrogens (primary N) is 1. The first kappa shape index (κ1) is 9.40. The molecule has 2 aliphatic carbocycles. The summed E-state index contributed by atoms with van der Waals surface area (Å²) in [5, 5.41) is 4.57. The van der Waals surface area contributed by atoms with Gasteiger partial charge in [-0.1, -0.05) is 0 Å². The standard InChI is InChI=1S/C12H19N3/c1-15-8-10(4-5-12(13)6-7-12)11(14-15)9-2-3-9/h8-9H,2-7,13H2,1H3. The molecule has 0 saturated heterocycles. The monoisotopic (exact) mass is 205 g/mol. The SMILES string of the molecule is Cn1cc(CCC2(N)CC2)c(C2CC2)n1. The van der Waals surface area contributed by atoms with Gasteiger partial charge in [0, 0.05) is 24.7 Å². The van der Waals surface area contributed by atoms with Crippen LogP contribution in [-0.4, -0.2) is 15.3 Å². The first-order chi connectivity index (χ1) is 7.16. The fourth-order valence-corrected chi connectivity index (χ4v) is 2.24. The molecule has 1 heterocycles. The molecule has 2 N–H and O–H groups in total. The Morgan fingerprint density at radius 2 is 2.27 bits per heavy atom. The summed E-state index contributed by atoms with van der Waals surface area (Å²) >= 11 is 0. The second-order valence-electron chi connectivity index (χ2n) is 5.35. The second-order valence-corrected chi connectivity index (χ2v) is 5.35. The molecule has 15 heavy (non-hydrogen) atoms. The number of hydrogen-bond acceptors (Lipinski definition) is 2. The van der Waals surface area contributed by atoms with Crippen molar-refractivity contribution in [3.63, 3.8) is 0 Å². The topological polar surface area (TPSA) is 43.8 Å². The molecule has 2 saturated carbocycles. The highest BCUT2D eigenvalue weighted by Gasteiger charge is 2.38. The summed E-state index contributed by atoms with van der Waals surface area (Å²) in [6.45, 7) is 0. The lowest BCUT2D eigenvalue weighted by molar-refractivity contribution is 0.607. The fraction of sp³-hybridized carbons (Fsp3) is 0.750. The Labute approximate surface area is 90.7 Å². The lowest BCUT2D eigenvalue weighted by atomic mass is 10.0. The van der Waals surface area contributed by atoms with Gasteiger partial charge < -0.3 is 5.73 Å². The van der Waals surface area contributed by atoms with Crippen molar-refractivity contribution in [3.8, 4) is 0 Å². The normalized spacial score (nSPS) is 23.1. The summed E-state index contributed by atoms with van der Waals surface area (Å²) in [5.41, 5.74) is 9.08. The van der Waals surface area contributed by atoms with Crippen LogP contribution in [0.2, 0.25) is 0 Å². The Hall–Kier alpha value is -0.830. The van der Waals surface area contributed by atoms with Crippen molar-refractivity contribution in [1.82, 2.24) is 9.78 Å². The Bertz CT molecular complexity index is 372. The Kier molecular flexibility index (Phi) is 1.93. The summed E-state index contributed by atoms with van der Waals surface area (Å²) in [5.74, 6) is 0.758. The minimum atomic E-state index is 0.177. The van der Waals surface area contributed by atoms with Gasteiger partial charge in [0.15, 0.2) is 0 Å². The Morgan fingerprint density at radius 3 is 2.87 bits per heavy atom. The van der Waals surface area contributed by atoms with Gasteiger partial charge in [-0.15, -0.1) is 0 Å². The van der Waals surface area contributed by atoms with Crippen LogP contribution in [0.3, 0.4) is 0 Å². The highest BCUT2D eigenvalue weighted by atomic mass is 15.3. The quantitative estimate of drug-likeness (QED) is 0.813. The van der Waals surface area contributed by atoms with Crippen molar-refractivity contribution in [2.45, 2.75) is 50.0 Å². The number of aryl methyl sites for hydroxylation is 2. The van der Waals surface area contributed by atoms with E-state index in [1.54, 1.807) is 0 Å². The van der Waals surface area contributed by atoms with E-state index in [1.807, 2.05) is 11.7 Å². The van der Waals surface area contributed by atoms with E-state index in [0.717, 1.165) is 18.8 Å². The van der Waals surface area contributed by atoms with Crippen LogP contribution in [0.25, 0.3) is 0 Å². The Balaban J connectivity index is 1.72. The molecule has 2 fully saturated rings. The maximum atomic E-state index is 6.12. The van der Waals surface area contributed by atoms with Crippen LogP contribution in [-0.2, 0) is 13.5 Å². The molecule has 2 aliphatic rings. The van der Waals surface area contributed by atoms with E-state index in [4.69, 9.17) is 5.73 Å². The summed E-state index contributed by atoms with van der Waals surface area (Å²) in [4.78, 5) is 0. The van der Waals surface area contributed by atoms with E-state index in [1.165, 1.54) is 36.9 Å². The first-order valence-corrected chi connectivity index (χ1v) is 5.98. The minimum Gasteiger partial charge on any atom is -0.325 e. The molecular formula is C12H19N3. The zero-order valence-corrected chi connectivity index (χ0v) is 9.37. The molecule has 0 atom stereocenters. The second kappa shape index (κ2) is 3.08. The zero-order valence-electron chi connectivity index (χ0n) is 9.37. The summed E-state index contributed by atoms with van der Waals surface area (Å²) in [6.07, 6.45) is 9.53. The average Bonchev–Trinajstić information content (AvgIpc) is 3.09. The smallest absolute Gasteiger partial charge is 0.0687 e. The molecule has 3 heteroatoms. The average molecular weight is 205 g/mol. The van der Waals surface area contributed by atoms with Crippen molar-refractivity contribution in [2.75, 3.05) is 0 Å². The molecule has 0 aliphatic heterocycles. The van der Waals surface area contributed by atoms with Crippen molar-refractivity contribution < 1.29 is 0 Å². The van der Waals surface area contributed by atoms with E-state index in [0.29, 0.717) is 0 Å². The van der Waals surface area contributed by atoms with Crippen LogP contribution in [0, 0.1) is 0 Å². The predicted octanol–water partition coefficient (Wildman–Crippen LogP) is 1.72. The van der Waals surface area contributed by atoms with Crippen molar-refractivity contribution in [1.29, 1.82) is 0 Å². The summed E-state index contributed by atoms with van der Waals surface area (Å²) < 4.78 is 1.96. The first-order valence-electron chi connectivity index (χ1n) is 5.98. The minimum absolute atomic E-state index is 0.177. The van der Waals surface area contributed by atoms with Gasteiger partial charge >= 0.3 is 0 Å². The van der Waals surface area contributed by atoms with E-state index in [-0.39, 0.29) is 5.54 Å². The van der Waals surface area contributed by atoms with Crippen molar-refractivity contribution in [2.24, 2.45) is 12.8 Å². The molecule has 82 valence electrons. The lowest BCUT2D eigenvalue weighted by Gasteiger charge is -2.07.